The fourth-order valence-corrected chi connectivity index (χ4v) is 5.58. The third-order valence-corrected chi connectivity index (χ3v) is 7.75. The molecule has 0 saturated carbocycles. The topological polar surface area (TPSA) is 87.3 Å². The molecule has 7 heteroatoms. The van der Waals surface area contributed by atoms with Crippen LogP contribution in [0.15, 0.2) is 108 Å². The summed E-state index contributed by atoms with van der Waals surface area (Å²) in [6, 6.07) is 32.1. The van der Waals surface area contributed by atoms with E-state index in [0.717, 1.165) is 26.8 Å². The molecular formula is C31H29N3O3S. The van der Waals surface area contributed by atoms with Crippen molar-refractivity contribution < 1.29 is 14.4 Å². The van der Waals surface area contributed by atoms with E-state index in [1.54, 1.807) is 0 Å². The minimum atomic E-state index is -0.810. The lowest BCUT2D eigenvalue weighted by atomic mass is 10.00. The van der Waals surface area contributed by atoms with Gasteiger partial charge >= 0.3 is 0 Å². The van der Waals surface area contributed by atoms with Crippen LogP contribution in [0.4, 0.5) is 0 Å². The lowest BCUT2D eigenvalue weighted by molar-refractivity contribution is -0.135. The molecule has 192 valence electrons. The van der Waals surface area contributed by atoms with Gasteiger partial charge in [0, 0.05) is 17.7 Å². The Balaban J connectivity index is 1.28. The molecule has 38 heavy (non-hydrogen) atoms. The minimum Gasteiger partial charge on any atom is -0.344 e. The van der Waals surface area contributed by atoms with E-state index in [-0.39, 0.29) is 29.5 Å². The highest BCUT2D eigenvalue weighted by atomic mass is 32.2. The van der Waals surface area contributed by atoms with E-state index in [9.17, 15) is 14.4 Å². The summed E-state index contributed by atoms with van der Waals surface area (Å²) >= 11 is 1.49. The van der Waals surface area contributed by atoms with Crippen molar-refractivity contribution in [1.29, 1.82) is 0 Å². The minimum absolute atomic E-state index is 0.205. The van der Waals surface area contributed by atoms with Crippen molar-refractivity contribution in [2.75, 3.05) is 0 Å². The van der Waals surface area contributed by atoms with Crippen LogP contribution in [0.25, 0.3) is 10.8 Å². The van der Waals surface area contributed by atoms with E-state index in [1.807, 2.05) is 103 Å². The molecule has 1 heterocycles. The van der Waals surface area contributed by atoms with Crippen LogP contribution in [0.1, 0.15) is 17.5 Å². The van der Waals surface area contributed by atoms with Gasteiger partial charge in [0.1, 0.15) is 17.5 Å². The first kappa shape index (κ1) is 25.5. The maximum absolute atomic E-state index is 13.5. The number of rotatable bonds is 10. The van der Waals surface area contributed by atoms with Crippen LogP contribution < -0.4 is 16.0 Å². The van der Waals surface area contributed by atoms with E-state index in [0.29, 0.717) is 12.8 Å². The molecule has 1 fully saturated rings. The summed E-state index contributed by atoms with van der Waals surface area (Å²) < 4.78 is 0. The molecule has 1 unspecified atom stereocenters. The highest BCUT2D eigenvalue weighted by Gasteiger charge is 2.42. The van der Waals surface area contributed by atoms with Gasteiger partial charge in [-0.15, -0.1) is 0 Å². The molecule has 3 amide bonds. The van der Waals surface area contributed by atoms with Gasteiger partial charge in [0.2, 0.25) is 17.7 Å². The second-order valence-electron chi connectivity index (χ2n) is 9.34. The zero-order chi connectivity index (χ0) is 26.3. The van der Waals surface area contributed by atoms with Crippen LogP contribution in [-0.2, 0) is 27.2 Å². The summed E-state index contributed by atoms with van der Waals surface area (Å²) in [6.45, 7) is 0. The van der Waals surface area contributed by atoms with Crippen molar-refractivity contribution in [3.8, 4) is 0 Å². The first-order valence-corrected chi connectivity index (χ1v) is 13.6. The zero-order valence-electron chi connectivity index (χ0n) is 20.8. The molecule has 0 spiro atoms. The van der Waals surface area contributed by atoms with Crippen LogP contribution in [0, 0.1) is 0 Å². The third-order valence-electron chi connectivity index (χ3n) is 6.56. The Kier molecular flexibility index (Phi) is 8.04. The highest BCUT2D eigenvalue weighted by Crippen LogP contribution is 2.28. The van der Waals surface area contributed by atoms with E-state index in [1.165, 1.54) is 11.8 Å². The number of fused-ring (bicyclic) bond motifs is 1. The van der Waals surface area contributed by atoms with Crippen molar-refractivity contribution in [2.45, 2.75) is 41.6 Å². The highest BCUT2D eigenvalue weighted by molar-refractivity contribution is 8.00. The van der Waals surface area contributed by atoms with Crippen molar-refractivity contribution >= 4 is 40.3 Å². The lowest BCUT2D eigenvalue weighted by Crippen LogP contribution is -2.69. The van der Waals surface area contributed by atoms with Crippen LogP contribution in [0.2, 0.25) is 0 Å². The number of β-lactam (4-membered cyclic amide) rings is 1. The molecule has 0 aliphatic carbocycles. The molecule has 0 radical (unpaired) electrons. The number of nitrogens with one attached hydrogen (secondary N) is 3. The summed E-state index contributed by atoms with van der Waals surface area (Å²) in [4.78, 5) is 39.7. The first-order valence-electron chi connectivity index (χ1n) is 12.7. The Bertz CT molecular complexity index is 1430. The number of carbonyl (C=O) groups is 3. The number of hydrogen-bond donors (Lipinski definition) is 3. The number of amides is 3. The number of aryl methyl sites for hydroxylation is 1. The van der Waals surface area contributed by atoms with Crippen molar-refractivity contribution in [3.05, 3.63) is 114 Å². The number of hydrogen-bond acceptors (Lipinski definition) is 4. The molecule has 3 N–H and O–H groups in total. The number of benzene rings is 4. The van der Waals surface area contributed by atoms with Gasteiger partial charge in [0.25, 0.3) is 0 Å². The molecular weight excluding hydrogens is 494 g/mol. The Morgan fingerprint density at radius 1 is 0.816 bits per heavy atom. The smallest absolute Gasteiger partial charge is 0.246 e. The largest absolute Gasteiger partial charge is 0.344 e. The number of carbonyl (C=O) groups excluding carboxylic acids is 3. The second-order valence-corrected chi connectivity index (χ2v) is 10.6. The van der Waals surface area contributed by atoms with E-state index in [4.69, 9.17) is 0 Å². The quantitative estimate of drug-likeness (QED) is 0.272. The molecule has 4 aromatic rings. The van der Waals surface area contributed by atoms with Crippen molar-refractivity contribution in [2.24, 2.45) is 0 Å². The van der Waals surface area contributed by atoms with E-state index < -0.39 is 12.1 Å². The van der Waals surface area contributed by atoms with Gasteiger partial charge in [-0.3, -0.25) is 14.4 Å². The van der Waals surface area contributed by atoms with Gasteiger partial charge in [0.05, 0.1) is 0 Å². The molecule has 0 aromatic heterocycles. The summed E-state index contributed by atoms with van der Waals surface area (Å²) in [5.41, 5.74) is 1.99. The predicted molar refractivity (Wildman–Crippen MR) is 151 cm³/mol. The van der Waals surface area contributed by atoms with E-state index in [2.05, 4.69) is 16.0 Å². The summed E-state index contributed by atoms with van der Waals surface area (Å²) in [7, 11) is 0. The monoisotopic (exact) mass is 523 g/mol. The van der Waals surface area contributed by atoms with Gasteiger partial charge in [-0.05, 0) is 40.5 Å². The molecule has 6 nitrogen and oxygen atoms in total. The Labute approximate surface area is 226 Å². The molecule has 1 aliphatic heterocycles. The Morgan fingerprint density at radius 3 is 2.24 bits per heavy atom. The molecule has 4 aromatic carbocycles. The first-order chi connectivity index (χ1) is 18.5. The molecule has 3 atom stereocenters. The van der Waals surface area contributed by atoms with Crippen LogP contribution in [0.3, 0.4) is 0 Å². The van der Waals surface area contributed by atoms with Gasteiger partial charge in [-0.25, -0.2) is 0 Å². The van der Waals surface area contributed by atoms with E-state index >= 15 is 0 Å². The van der Waals surface area contributed by atoms with Crippen molar-refractivity contribution in [3.63, 3.8) is 0 Å². The zero-order valence-corrected chi connectivity index (χ0v) is 21.6. The standard InChI is InChI=1S/C31H29N3O3S/c35-27(18-16-21-9-3-1-4-10-21)32-26(20-22-15-17-23-11-7-8-12-24(23)19-22)29(36)33-28-30(37)34-31(28)38-25-13-5-2-6-14-25/h1-15,17,19,26,28,31H,16,18,20H2,(H,32,35)(H,33,36)(H,34,37)/t26-,28-,31?/m0/s1. The average Bonchev–Trinajstić information content (AvgIpc) is 2.95. The SMILES string of the molecule is O=C(CCc1ccccc1)N[C@@H](Cc1ccc2ccccc2c1)C(=O)N[C@H]1C(=O)NC1Sc1ccccc1. The van der Waals surface area contributed by atoms with Crippen molar-refractivity contribution in [1.82, 2.24) is 16.0 Å². The van der Waals surface area contributed by atoms with Crippen LogP contribution in [-0.4, -0.2) is 35.2 Å². The Morgan fingerprint density at radius 2 is 1.50 bits per heavy atom. The Hall–Kier alpha value is -4.10. The second kappa shape index (κ2) is 12.0. The fraction of sp³-hybridized carbons (Fsp3) is 0.194. The maximum Gasteiger partial charge on any atom is 0.246 e. The van der Waals surface area contributed by atoms with Gasteiger partial charge in [0.15, 0.2) is 0 Å². The maximum atomic E-state index is 13.5. The van der Waals surface area contributed by atoms with Gasteiger partial charge < -0.3 is 16.0 Å². The summed E-state index contributed by atoms with van der Waals surface area (Å²) in [6.07, 6.45) is 1.16. The average molecular weight is 524 g/mol. The number of thioether (sulfide) groups is 1. The molecule has 5 rings (SSSR count). The molecule has 0 bridgehead atoms. The normalized spacial score (nSPS) is 17.2. The molecule has 1 saturated heterocycles. The lowest BCUT2D eigenvalue weighted by Gasteiger charge is -2.37. The fourth-order valence-electron chi connectivity index (χ4n) is 4.47. The molecule has 1 aliphatic rings. The van der Waals surface area contributed by atoms with Gasteiger partial charge in [-0.2, -0.15) is 0 Å². The summed E-state index contributed by atoms with van der Waals surface area (Å²) in [5.74, 6) is -0.806. The van der Waals surface area contributed by atoms with Gasteiger partial charge in [-0.1, -0.05) is 103 Å². The third kappa shape index (κ3) is 6.42. The van der Waals surface area contributed by atoms with Crippen LogP contribution >= 0.6 is 11.8 Å². The van der Waals surface area contributed by atoms with Crippen LogP contribution in [0.5, 0.6) is 0 Å². The predicted octanol–water partition coefficient (Wildman–Crippen LogP) is 4.23. The summed E-state index contributed by atoms with van der Waals surface area (Å²) in [5, 5.41) is 10.6.